The summed E-state index contributed by atoms with van der Waals surface area (Å²) in [6, 6.07) is 2.05. The molecular formula is C16H22ClN3O. The first kappa shape index (κ1) is 14.8. The standard InChI is InChI=1S/C16H22ClN3O/c1-12-9-14-16(18-11-12)20(15(10-17)19-14)7-8-21-13-5-3-2-4-6-13/h9,11,13H,2-8,10H2,1H3. The van der Waals surface area contributed by atoms with Crippen LogP contribution in [0.4, 0.5) is 0 Å². The number of ether oxygens (including phenoxy) is 1. The van der Waals surface area contributed by atoms with Crippen LogP contribution < -0.4 is 0 Å². The van der Waals surface area contributed by atoms with Crippen LogP contribution in [0.2, 0.25) is 0 Å². The Balaban J connectivity index is 1.70. The highest BCUT2D eigenvalue weighted by molar-refractivity contribution is 6.16. The molecule has 0 N–H and O–H groups in total. The number of imidazole rings is 1. The fraction of sp³-hybridized carbons (Fsp3) is 0.625. The summed E-state index contributed by atoms with van der Waals surface area (Å²) < 4.78 is 8.10. The Bertz CT molecular complexity index is 605. The van der Waals surface area contributed by atoms with Crippen LogP contribution >= 0.6 is 11.6 Å². The molecule has 2 aromatic rings. The molecule has 114 valence electrons. The van der Waals surface area contributed by atoms with Gasteiger partial charge in [0.1, 0.15) is 11.3 Å². The highest BCUT2D eigenvalue weighted by Crippen LogP contribution is 2.21. The van der Waals surface area contributed by atoms with E-state index in [-0.39, 0.29) is 0 Å². The number of aromatic nitrogens is 3. The molecule has 2 aromatic heterocycles. The van der Waals surface area contributed by atoms with Gasteiger partial charge in [0.2, 0.25) is 0 Å². The maximum absolute atomic E-state index is 6.02. The smallest absolute Gasteiger partial charge is 0.160 e. The average Bonchev–Trinajstić information content (AvgIpc) is 2.85. The van der Waals surface area contributed by atoms with Crippen LogP contribution in [0.5, 0.6) is 0 Å². The van der Waals surface area contributed by atoms with Gasteiger partial charge in [0.15, 0.2) is 5.65 Å². The van der Waals surface area contributed by atoms with E-state index in [1.165, 1.54) is 32.1 Å². The monoisotopic (exact) mass is 307 g/mol. The largest absolute Gasteiger partial charge is 0.376 e. The summed E-state index contributed by atoms with van der Waals surface area (Å²) in [6.45, 7) is 3.50. The Morgan fingerprint density at radius 1 is 1.33 bits per heavy atom. The molecule has 0 atom stereocenters. The van der Waals surface area contributed by atoms with Gasteiger partial charge in [-0.05, 0) is 31.4 Å². The van der Waals surface area contributed by atoms with E-state index in [0.29, 0.717) is 18.6 Å². The van der Waals surface area contributed by atoms with Crippen molar-refractivity contribution in [1.82, 2.24) is 14.5 Å². The lowest BCUT2D eigenvalue weighted by atomic mass is 9.98. The SMILES string of the molecule is Cc1cnc2c(c1)nc(CCl)n2CCOC1CCCCC1. The van der Waals surface area contributed by atoms with Gasteiger partial charge in [-0.25, -0.2) is 9.97 Å². The summed E-state index contributed by atoms with van der Waals surface area (Å²) in [5.74, 6) is 1.27. The first-order valence-electron chi connectivity index (χ1n) is 7.77. The molecule has 0 radical (unpaired) electrons. The molecule has 0 spiro atoms. The lowest BCUT2D eigenvalue weighted by Gasteiger charge is -2.22. The zero-order chi connectivity index (χ0) is 14.7. The molecule has 0 aromatic carbocycles. The molecule has 5 heteroatoms. The highest BCUT2D eigenvalue weighted by Gasteiger charge is 2.15. The lowest BCUT2D eigenvalue weighted by molar-refractivity contribution is 0.0242. The Hall–Kier alpha value is -1.13. The van der Waals surface area contributed by atoms with E-state index in [1.807, 2.05) is 13.1 Å². The maximum atomic E-state index is 6.02. The molecule has 1 aliphatic rings. The molecular weight excluding hydrogens is 286 g/mol. The number of pyridine rings is 1. The van der Waals surface area contributed by atoms with Crippen LogP contribution in [0.3, 0.4) is 0 Å². The van der Waals surface area contributed by atoms with Crippen molar-refractivity contribution >= 4 is 22.8 Å². The van der Waals surface area contributed by atoms with Gasteiger partial charge in [0.25, 0.3) is 0 Å². The number of fused-ring (bicyclic) bond motifs is 1. The Morgan fingerprint density at radius 2 is 2.14 bits per heavy atom. The van der Waals surface area contributed by atoms with Gasteiger partial charge in [-0.15, -0.1) is 11.6 Å². The molecule has 1 saturated carbocycles. The Labute approximate surface area is 130 Å². The first-order valence-corrected chi connectivity index (χ1v) is 8.30. The van der Waals surface area contributed by atoms with E-state index >= 15 is 0 Å². The molecule has 0 saturated heterocycles. The van der Waals surface area contributed by atoms with E-state index in [9.17, 15) is 0 Å². The summed E-state index contributed by atoms with van der Waals surface area (Å²) in [5.41, 5.74) is 2.94. The minimum absolute atomic E-state index is 0.402. The van der Waals surface area contributed by atoms with Crippen molar-refractivity contribution in [1.29, 1.82) is 0 Å². The quantitative estimate of drug-likeness (QED) is 0.788. The molecule has 3 rings (SSSR count). The number of aryl methyl sites for hydroxylation is 1. The van der Waals surface area contributed by atoms with Crippen LogP contribution in [0.25, 0.3) is 11.2 Å². The number of hydrogen-bond donors (Lipinski definition) is 0. The van der Waals surface area contributed by atoms with E-state index in [1.54, 1.807) is 0 Å². The van der Waals surface area contributed by atoms with Crippen molar-refractivity contribution in [3.8, 4) is 0 Å². The highest BCUT2D eigenvalue weighted by atomic mass is 35.5. The first-order chi connectivity index (χ1) is 10.3. The zero-order valence-electron chi connectivity index (χ0n) is 12.5. The van der Waals surface area contributed by atoms with Gasteiger partial charge in [0, 0.05) is 12.7 Å². The zero-order valence-corrected chi connectivity index (χ0v) is 13.3. The topological polar surface area (TPSA) is 39.9 Å². The van der Waals surface area contributed by atoms with E-state index in [4.69, 9.17) is 16.3 Å². The third-order valence-electron chi connectivity index (χ3n) is 4.14. The molecule has 4 nitrogen and oxygen atoms in total. The number of rotatable bonds is 5. The van der Waals surface area contributed by atoms with Crippen molar-refractivity contribution in [3.63, 3.8) is 0 Å². The summed E-state index contributed by atoms with van der Waals surface area (Å²) in [6.07, 6.45) is 8.66. The van der Waals surface area contributed by atoms with Gasteiger partial charge in [-0.3, -0.25) is 0 Å². The molecule has 0 amide bonds. The van der Waals surface area contributed by atoms with Crippen molar-refractivity contribution in [2.24, 2.45) is 0 Å². The molecule has 21 heavy (non-hydrogen) atoms. The van der Waals surface area contributed by atoms with Gasteiger partial charge >= 0.3 is 0 Å². The second-order valence-corrected chi connectivity index (χ2v) is 6.07. The van der Waals surface area contributed by atoms with Crippen LogP contribution in [-0.4, -0.2) is 27.2 Å². The molecule has 1 aliphatic carbocycles. The lowest BCUT2D eigenvalue weighted by Crippen LogP contribution is -2.19. The molecule has 1 fully saturated rings. The van der Waals surface area contributed by atoms with Crippen LogP contribution in [0.1, 0.15) is 43.5 Å². The number of alkyl halides is 1. The summed E-state index contributed by atoms with van der Waals surface area (Å²) in [7, 11) is 0. The van der Waals surface area contributed by atoms with Crippen LogP contribution in [0, 0.1) is 6.92 Å². The fourth-order valence-electron chi connectivity index (χ4n) is 3.04. The van der Waals surface area contributed by atoms with Gasteiger partial charge in [-0.1, -0.05) is 19.3 Å². The van der Waals surface area contributed by atoms with E-state index in [0.717, 1.165) is 29.1 Å². The second kappa shape index (κ2) is 6.75. The van der Waals surface area contributed by atoms with Crippen molar-refractivity contribution in [3.05, 3.63) is 23.7 Å². The second-order valence-electron chi connectivity index (χ2n) is 5.80. The molecule has 2 heterocycles. The normalized spacial score (nSPS) is 16.7. The van der Waals surface area contributed by atoms with Crippen LogP contribution in [0.15, 0.2) is 12.3 Å². The van der Waals surface area contributed by atoms with Crippen molar-refractivity contribution < 1.29 is 4.74 Å². The average molecular weight is 308 g/mol. The predicted octanol–water partition coefficient (Wildman–Crippen LogP) is 3.83. The predicted molar refractivity (Wildman–Crippen MR) is 84.6 cm³/mol. The molecule has 0 bridgehead atoms. The Morgan fingerprint density at radius 3 is 2.90 bits per heavy atom. The molecule has 0 aliphatic heterocycles. The van der Waals surface area contributed by atoms with Gasteiger partial charge in [0.05, 0.1) is 18.6 Å². The van der Waals surface area contributed by atoms with Gasteiger partial charge in [-0.2, -0.15) is 0 Å². The van der Waals surface area contributed by atoms with E-state index in [2.05, 4.69) is 20.6 Å². The van der Waals surface area contributed by atoms with Crippen LogP contribution in [-0.2, 0) is 17.2 Å². The van der Waals surface area contributed by atoms with Crippen molar-refractivity contribution in [2.45, 2.75) is 57.6 Å². The van der Waals surface area contributed by atoms with Crippen molar-refractivity contribution in [2.75, 3.05) is 6.61 Å². The summed E-state index contributed by atoms with van der Waals surface area (Å²) in [5, 5.41) is 0. The minimum Gasteiger partial charge on any atom is -0.376 e. The molecule has 0 unspecified atom stereocenters. The van der Waals surface area contributed by atoms with Gasteiger partial charge < -0.3 is 9.30 Å². The summed E-state index contributed by atoms with van der Waals surface area (Å²) in [4.78, 5) is 9.07. The Kier molecular flexibility index (Phi) is 4.76. The third-order valence-corrected chi connectivity index (χ3v) is 4.38. The number of nitrogens with zero attached hydrogens (tertiary/aromatic N) is 3. The maximum Gasteiger partial charge on any atom is 0.160 e. The summed E-state index contributed by atoms with van der Waals surface area (Å²) >= 11 is 6.02. The fourth-order valence-corrected chi connectivity index (χ4v) is 3.24. The number of hydrogen-bond acceptors (Lipinski definition) is 3. The van der Waals surface area contributed by atoms with E-state index < -0.39 is 0 Å². The third kappa shape index (κ3) is 3.38. The number of halogens is 1. The minimum atomic E-state index is 0.402.